The molecule has 2 rings (SSSR count). The predicted octanol–water partition coefficient (Wildman–Crippen LogP) is 2.78. The second-order valence-electron chi connectivity index (χ2n) is 3.76. The van der Waals surface area contributed by atoms with E-state index in [1.54, 1.807) is 26.0 Å². The van der Waals surface area contributed by atoms with Gasteiger partial charge in [-0.3, -0.25) is 4.79 Å². The van der Waals surface area contributed by atoms with E-state index in [0.717, 1.165) is 33.8 Å². The van der Waals surface area contributed by atoms with Crippen LogP contribution in [-0.2, 0) is 4.79 Å². The molecule has 0 aromatic heterocycles. The monoisotopic (exact) mass is 250 g/mol. The summed E-state index contributed by atoms with van der Waals surface area (Å²) in [6.45, 7) is 2.01. The average Bonchev–Trinajstić information content (AvgIpc) is 2.36. The molecule has 1 aliphatic heterocycles. The van der Waals surface area contributed by atoms with Crippen LogP contribution in [0, 0.1) is 0 Å². The molecule has 1 heterocycles. The quantitative estimate of drug-likeness (QED) is 0.773. The second-order valence-corrected chi connectivity index (χ2v) is 5.15. The Morgan fingerprint density at radius 1 is 1.29 bits per heavy atom. The van der Waals surface area contributed by atoms with Crippen molar-refractivity contribution in [3.8, 4) is 11.5 Å². The maximum absolute atomic E-state index is 11.0. The minimum Gasteiger partial charge on any atom is -0.497 e. The van der Waals surface area contributed by atoms with Crippen LogP contribution in [0.5, 0.6) is 11.5 Å². The number of rotatable bonds is 3. The zero-order valence-corrected chi connectivity index (χ0v) is 10.8. The highest BCUT2D eigenvalue weighted by atomic mass is 32.2. The Labute approximate surface area is 105 Å². The normalized spacial score (nSPS) is 18.1. The predicted molar refractivity (Wildman–Crippen MR) is 68.9 cm³/mol. The molecular formula is C13H14O3S. The van der Waals surface area contributed by atoms with Gasteiger partial charge < -0.3 is 9.47 Å². The van der Waals surface area contributed by atoms with E-state index in [1.165, 1.54) is 0 Å². The van der Waals surface area contributed by atoms with Gasteiger partial charge in [-0.2, -0.15) is 0 Å². The summed E-state index contributed by atoms with van der Waals surface area (Å²) >= 11 is 1.64. The van der Waals surface area contributed by atoms with Gasteiger partial charge in [0, 0.05) is 27.3 Å². The first-order chi connectivity index (χ1) is 8.19. The highest BCUT2D eigenvalue weighted by Crippen LogP contribution is 2.42. The average molecular weight is 250 g/mol. The number of carbonyl (C=O) groups excluding carboxylic acids is 1. The van der Waals surface area contributed by atoms with Crippen molar-refractivity contribution < 1.29 is 14.3 Å². The van der Waals surface area contributed by atoms with Crippen molar-refractivity contribution in [2.24, 2.45) is 0 Å². The van der Waals surface area contributed by atoms with Crippen molar-refractivity contribution in [2.45, 2.75) is 17.1 Å². The van der Waals surface area contributed by atoms with Crippen LogP contribution in [0.4, 0.5) is 0 Å². The van der Waals surface area contributed by atoms with Gasteiger partial charge in [0.25, 0.3) is 0 Å². The Bertz CT molecular complexity index is 480. The number of aldehydes is 1. The molecule has 4 heteroatoms. The molecule has 1 aromatic rings. The van der Waals surface area contributed by atoms with Gasteiger partial charge in [-0.1, -0.05) is 0 Å². The minimum atomic E-state index is 0.164. The lowest BCUT2D eigenvalue weighted by Gasteiger charge is -2.21. The number of thioether (sulfide) groups is 1. The van der Waals surface area contributed by atoms with Crippen molar-refractivity contribution in [3.63, 3.8) is 0 Å². The lowest BCUT2D eigenvalue weighted by molar-refractivity contribution is -0.104. The van der Waals surface area contributed by atoms with Crippen LogP contribution in [0.2, 0.25) is 0 Å². The SMILES string of the molecule is COc1cc(OC)c2c(c1)S[C@H](C)C(C=O)=C2. The van der Waals surface area contributed by atoms with Gasteiger partial charge in [0.15, 0.2) is 0 Å². The Hall–Kier alpha value is -1.42. The van der Waals surface area contributed by atoms with Crippen LogP contribution in [0.25, 0.3) is 6.08 Å². The third-order valence-electron chi connectivity index (χ3n) is 2.75. The first kappa shape index (κ1) is 12.0. The molecule has 1 aromatic carbocycles. The van der Waals surface area contributed by atoms with Crippen LogP contribution in [0.3, 0.4) is 0 Å². The van der Waals surface area contributed by atoms with E-state index in [2.05, 4.69) is 0 Å². The van der Waals surface area contributed by atoms with Gasteiger partial charge in [0.05, 0.1) is 14.2 Å². The first-order valence-electron chi connectivity index (χ1n) is 5.29. The topological polar surface area (TPSA) is 35.5 Å². The van der Waals surface area contributed by atoms with Crippen LogP contribution >= 0.6 is 11.8 Å². The van der Waals surface area contributed by atoms with Gasteiger partial charge in [0.1, 0.15) is 17.8 Å². The number of ether oxygens (including phenoxy) is 2. The van der Waals surface area contributed by atoms with Crippen LogP contribution in [0.15, 0.2) is 22.6 Å². The lowest BCUT2D eigenvalue weighted by atomic mass is 10.1. The third-order valence-corrected chi connectivity index (χ3v) is 3.97. The van der Waals surface area contributed by atoms with Crippen molar-refractivity contribution >= 4 is 24.1 Å². The van der Waals surface area contributed by atoms with Crippen LogP contribution in [0.1, 0.15) is 12.5 Å². The molecule has 0 saturated carbocycles. The zero-order chi connectivity index (χ0) is 12.4. The molecule has 1 aliphatic rings. The van der Waals surface area contributed by atoms with Gasteiger partial charge in [-0.05, 0) is 19.1 Å². The van der Waals surface area contributed by atoms with E-state index in [0.29, 0.717) is 0 Å². The summed E-state index contributed by atoms with van der Waals surface area (Å²) in [5.74, 6) is 1.50. The van der Waals surface area contributed by atoms with Gasteiger partial charge in [-0.25, -0.2) is 0 Å². The molecule has 0 saturated heterocycles. The summed E-state index contributed by atoms with van der Waals surface area (Å²) in [5.41, 5.74) is 1.74. The smallest absolute Gasteiger partial charge is 0.147 e. The van der Waals surface area contributed by atoms with Gasteiger partial charge in [-0.15, -0.1) is 11.8 Å². The van der Waals surface area contributed by atoms with E-state index >= 15 is 0 Å². The Morgan fingerprint density at radius 2 is 2.06 bits per heavy atom. The maximum Gasteiger partial charge on any atom is 0.147 e. The first-order valence-corrected chi connectivity index (χ1v) is 6.17. The third kappa shape index (κ3) is 2.17. The Kier molecular flexibility index (Phi) is 3.43. The Morgan fingerprint density at radius 3 is 2.65 bits per heavy atom. The van der Waals surface area contributed by atoms with Crippen LogP contribution in [-0.4, -0.2) is 25.8 Å². The standard InChI is InChI=1S/C13H14O3S/c1-8-9(7-14)4-11-12(16-3)5-10(15-2)6-13(11)17-8/h4-8H,1-3H3/t8-/m1/s1. The summed E-state index contributed by atoms with van der Waals surface area (Å²) in [6, 6.07) is 3.80. The molecule has 0 unspecified atom stereocenters. The zero-order valence-electron chi connectivity index (χ0n) is 10.0. The summed E-state index contributed by atoms with van der Waals surface area (Å²) in [6.07, 6.45) is 2.80. The molecule has 3 nitrogen and oxygen atoms in total. The van der Waals surface area contributed by atoms with Gasteiger partial charge in [0.2, 0.25) is 0 Å². The van der Waals surface area contributed by atoms with Gasteiger partial charge >= 0.3 is 0 Å². The number of hydrogen-bond acceptors (Lipinski definition) is 4. The number of hydrogen-bond donors (Lipinski definition) is 0. The van der Waals surface area contributed by atoms with Crippen molar-refractivity contribution in [1.29, 1.82) is 0 Å². The lowest BCUT2D eigenvalue weighted by Crippen LogP contribution is -2.08. The van der Waals surface area contributed by atoms with Crippen molar-refractivity contribution in [2.75, 3.05) is 14.2 Å². The highest BCUT2D eigenvalue weighted by Gasteiger charge is 2.21. The van der Waals surface area contributed by atoms with E-state index in [-0.39, 0.29) is 5.25 Å². The molecule has 0 spiro atoms. The molecule has 0 radical (unpaired) electrons. The molecule has 0 N–H and O–H groups in total. The number of methoxy groups -OCH3 is 2. The molecule has 17 heavy (non-hydrogen) atoms. The van der Waals surface area contributed by atoms with Crippen LogP contribution < -0.4 is 9.47 Å². The Balaban J connectivity index is 2.58. The highest BCUT2D eigenvalue weighted by molar-refractivity contribution is 8.00. The minimum absolute atomic E-state index is 0.164. The van der Waals surface area contributed by atoms with Crippen molar-refractivity contribution in [1.82, 2.24) is 0 Å². The molecule has 0 aliphatic carbocycles. The van der Waals surface area contributed by atoms with E-state index < -0.39 is 0 Å². The number of carbonyl (C=O) groups is 1. The molecule has 0 fully saturated rings. The summed E-state index contributed by atoms with van der Waals surface area (Å²) < 4.78 is 10.6. The second kappa shape index (κ2) is 4.84. The molecule has 1 atom stereocenters. The molecule has 0 bridgehead atoms. The van der Waals surface area contributed by atoms with E-state index in [1.807, 2.05) is 25.1 Å². The maximum atomic E-state index is 11.0. The number of fused-ring (bicyclic) bond motifs is 1. The van der Waals surface area contributed by atoms with E-state index in [9.17, 15) is 4.79 Å². The fourth-order valence-electron chi connectivity index (χ4n) is 1.78. The van der Waals surface area contributed by atoms with Crippen molar-refractivity contribution in [3.05, 3.63) is 23.3 Å². The summed E-state index contributed by atoms with van der Waals surface area (Å²) in [7, 11) is 3.25. The molecule has 90 valence electrons. The molecular weight excluding hydrogens is 236 g/mol. The summed E-state index contributed by atoms with van der Waals surface area (Å²) in [5, 5.41) is 0.164. The largest absolute Gasteiger partial charge is 0.497 e. The fourth-order valence-corrected chi connectivity index (χ4v) is 2.89. The summed E-state index contributed by atoms with van der Waals surface area (Å²) in [4.78, 5) is 12.0. The number of benzene rings is 1. The van der Waals surface area contributed by atoms with E-state index in [4.69, 9.17) is 9.47 Å². The fraction of sp³-hybridized carbons (Fsp3) is 0.308. The molecule has 0 amide bonds.